The molecule has 1 aliphatic rings. The van der Waals surface area contributed by atoms with Crippen LogP contribution in [0.15, 0.2) is 0 Å². The Morgan fingerprint density at radius 3 is 2.33 bits per heavy atom. The third kappa shape index (κ3) is 3.69. The van der Waals surface area contributed by atoms with Crippen LogP contribution in [-0.2, 0) is 14.3 Å². The zero-order valence-corrected chi connectivity index (χ0v) is 12.4. The van der Waals surface area contributed by atoms with Crippen molar-refractivity contribution in [2.75, 3.05) is 7.11 Å². The molecular formula is C14H27NO3. The number of amides is 1. The monoisotopic (exact) mass is 257 g/mol. The second-order valence-corrected chi connectivity index (χ2v) is 5.94. The molecule has 1 aliphatic heterocycles. The molecule has 0 aromatic rings. The molecule has 4 nitrogen and oxygen atoms in total. The largest absolute Gasteiger partial charge is 0.376 e. The second-order valence-electron chi connectivity index (χ2n) is 5.94. The average Bonchev–Trinajstić information content (AvgIpc) is 2.54. The van der Waals surface area contributed by atoms with Crippen LogP contribution in [0.2, 0.25) is 0 Å². The maximum Gasteiger partial charge on any atom is 0.217 e. The Bertz CT molecular complexity index is 278. The molecule has 0 aromatic heterocycles. The van der Waals surface area contributed by atoms with Crippen LogP contribution in [0.1, 0.15) is 41.0 Å². The van der Waals surface area contributed by atoms with Gasteiger partial charge in [-0.1, -0.05) is 27.7 Å². The van der Waals surface area contributed by atoms with Crippen LogP contribution >= 0.6 is 0 Å². The molecule has 18 heavy (non-hydrogen) atoms. The van der Waals surface area contributed by atoms with E-state index in [2.05, 4.69) is 33.0 Å². The minimum atomic E-state index is -0.0521. The Labute approximate surface area is 110 Å². The maximum absolute atomic E-state index is 11.3. The predicted molar refractivity (Wildman–Crippen MR) is 71.4 cm³/mol. The normalized spacial score (nSPS) is 32.2. The molecule has 106 valence electrons. The van der Waals surface area contributed by atoms with Crippen molar-refractivity contribution in [2.45, 2.75) is 65.4 Å². The van der Waals surface area contributed by atoms with E-state index in [9.17, 15) is 4.79 Å². The third-order valence-electron chi connectivity index (χ3n) is 3.41. The number of ether oxygens (including phenoxy) is 2. The molecule has 0 saturated carbocycles. The summed E-state index contributed by atoms with van der Waals surface area (Å²) in [5.74, 6) is 0.884. The van der Waals surface area contributed by atoms with E-state index >= 15 is 0 Å². The minimum absolute atomic E-state index is 0.0264. The summed E-state index contributed by atoms with van der Waals surface area (Å²) in [4.78, 5) is 11.3. The SMILES string of the molecule is CO[C@H]1[C@@H](NC(C)=O)[C@H](C(C)C)O[C@@H]1CC(C)C. The molecule has 1 saturated heterocycles. The number of carbonyl (C=O) groups is 1. The fourth-order valence-electron chi connectivity index (χ4n) is 2.71. The summed E-state index contributed by atoms with van der Waals surface area (Å²) >= 11 is 0. The van der Waals surface area contributed by atoms with Crippen molar-refractivity contribution >= 4 is 5.91 Å². The number of methoxy groups -OCH3 is 1. The van der Waals surface area contributed by atoms with Crippen LogP contribution < -0.4 is 5.32 Å². The first-order valence-electron chi connectivity index (χ1n) is 6.82. The molecule has 4 heteroatoms. The minimum Gasteiger partial charge on any atom is -0.376 e. The first kappa shape index (κ1) is 15.4. The quantitative estimate of drug-likeness (QED) is 0.819. The zero-order valence-electron chi connectivity index (χ0n) is 12.4. The van der Waals surface area contributed by atoms with Gasteiger partial charge in [0.25, 0.3) is 0 Å². The predicted octanol–water partition coefficient (Wildman–Crippen LogP) is 1.98. The lowest BCUT2D eigenvalue weighted by Crippen LogP contribution is -2.49. The molecule has 0 aromatic carbocycles. The number of hydrogen-bond donors (Lipinski definition) is 1. The van der Waals surface area contributed by atoms with Crippen molar-refractivity contribution in [2.24, 2.45) is 11.8 Å². The lowest BCUT2D eigenvalue weighted by molar-refractivity contribution is -0.120. The van der Waals surface area contributed by atoms with E-state index in [4.69, 9.17) is 9.47 Å². The fraction of sp³-hybridized carbons (Fsp3) is 0.929. The lowest BCUT2D eigenvalue weighted by atomic mass is 9.94. The Morgan fingerprint density at radius 1 is 1.33 bits per heavy atom. The highest BCUT2D eigenvalue weighted by Gasteiger charge is 2.46. The van der Waals surface area contributed by atoms with E-state index in [1.807, 2.05) is 0 Å². The van der Waals surface area contributed by atoms with Crippen LogP contribution in [0.4, 0.5) is 0 Å². The Kier molecular flexibility index (Phi) is 5.60. The standard InChI is InChI=1S/C14H27NO3/c1-8(2)7-11-14(17-6)12(15-10(5)16)13(18-11)9(3)4/h8-9,11-14H,7H2,1-6H3,(H,15,16)/t11-,12+,13+,14-/m1/s1. The summed E-state index contributed by atoms with van der Waals surface area (Å²) in [6.45, 7) is 10.1. The highest BCUT2D eigenvalue weighted by atomic mass is 16.6. The molecule has 1 heterocycles. The van der Waals surface area contributed by atoms with Gasteiger partial charge in [0, 0.05) is 14.0 Å². The summed E-state index contributed by atoms with van der Waals surface area (Å²) in [7, 11) is 1.69. The molecule has 0 unspecified atom stereocenters. The van der Waals surface area contributed by atoms with E-state index in [0.29, 0.717) is 11.8 Å². The van der Waals surface area contributed by atoms with Crippen molar-refractivity contribution in [1.29, 1.82) is 0 Å². The Morgan fingerprint density at radius 2 is 1.94 bits per heavy atom. The van der Waals surface area contributed by atoms with E-state index in [1.165, 1.54) is 0 Å². The smallest absolute Gasteiger partial charge is 0.217 e. The molecule has 1 rings (SSSR count). The first-order chi connectivity index (χ1) is 8.36. The summed E-state index contributed by atoms with van der Waals surface area (Å²) in [6, 6.07) is -0.0451. The number of carbonyl (C=O) groups excluding carboxylic acids is 1. The second kappa shape index (κ2) is 6.53. The Hall–Kier alpha value is -0.610. The van der Waals surface area contributed by atoms with E-state index in [1.54, 1.807) is 14.0 Å². The van der Waals surface area contributed by atoms with Gasteiger partial charge in [0.1, 0.15) is 6.10 Å². The molecular weight excluding hydrogens is 230 g/mol. The van der Waals surface area contributed by atoms with Gasteiger partial charge >= 0.3 is 0 Å². The van der Waals surface area contributed by atoms with Gasteiger partial charge in [0.05, 0.1) is 18.2 Å². The van der Waals surface area contributed by atoms with Crippen molar-refractivity contribution in [3.8, 4) is 0 Å². The van der Waals surface area contributed by atoms with Gasteiger partial charge in [-0.25, -0.2) is 0 Å². The van der Waals surface area contributed by atoms with Crippen LogP contribution in [0.25, 0.3) is 0 Å². The summed E-state index contributed by atoms with van der Waals surface area (Å²) in [5.41, 5.74) is 0. The van der Waals surface area contributed by atoms with Gasteiger partial charge in [0.15, 0.2) is 0 Å². The summed E-state index contributed by atoms with van der Waals surface area (Å²) < 4.78 is 11.7. The number of nitrogens with one attached hydrogen (secondary N) is 1. The van der Waals surface area contributed by atoms with Gasteiger partial charge in [-0.05, 0) is 18.3 Å². The van der Waals surface area contributed by atoms with Crippen molar-refractivity contribution in [1.82, 2.24) is 5.32 Å². The third-order valence-corrected chi connectivity index (χ3v) is 3.41. The molecule has 0 radical (unpaired) electrons. The van der Waals surface area contributed by atoms with Crippen LogP contribution in [0.3, 0.4) is 0 Å². The van der Waals surface area contributed by atoms with Gasteiger partial charge in [0.2, 0.25) is 5.91 Å². The number of hydrogen-bond acceptors (Lipinski definition) is 3. The molecule has 1 fully saturated rings. The summed E-state index contributed by atoms with van der Waals surface area (Å²) in [6.07, 6.45) is 1.00. The van der Waals surface area contributed by atoms with Crippen molar-refractivity contribution < 1.29 is 14.3 Å². The van der Waals surface area contributed by atoms with E-state index in [0.717, 1.165) is 6.42 Å². The highest BCUT2D eigenvalue weighted by molar-refractivity contribution is 5.73. The van der Waals surface area contributed by atoms with Gasteiger partial charge in [-0.15, -0.1) is 0 Å². The topological polar surface area (TPSA) is 47.6 Å². The van der Waals surface area contributed by atoms with Crippen molar-refractivity contribution in [3.05, 3.63) is 0 Å². The molecule has 0 bridgehead atoms. The zero-order chi connectivity index (χ0) is 13.9. The maximum atomic E-state index is 11.3. The van der Waals surface area contributed by atoms with Crippen LogP contribution in [0.5, 0.6) is 0 Å². The molecule has 0 aliphatic carbocycles. The molecule has 1 N–H and O–H groups in total. The van der Waals surface area contributed by atoms with E-state index in [-0.39, 0.29) is 30.3 Å². The van der Waals surface area contributed by atoms with Gasteiger partial charge in [-0.2, -0.15) is 0 Å². The number of rotatable bonds is 5. The Balaban J connectivity index is 2.83. The fourth-order valence-corrected chi connectivity index (χ4v) is 2.71. The summed E-state index contributed by atoms with van der Waals surface area (Å²) in [5, 5.41) is 2.99. The molecule has 4 atom stereocenters. The van der Waals surface area contributed by atoms with Crippen LogP contribution in [-0.4, -0.2) is 37.4 Å². The van der Waals surface area contributed by atoms with Crippen molar-refractivity contribution in [3.63, 3.8) is 0 Å². The molecule has 0 spiro atoms. The molecule has 1 amide bonds. The van der Waals surface area contributed by atoms with Gasteiger partial charge < -0.3 is 14.8 Å². The first-order valence-corrected chi connectivity index (χ1v) is 6.82. The lowest BCUT2D eigenvalue weighted by Gasteiger charge is -2.25. The van der Waals surface area contributed by atoms with Gasteiger partial charge in [-0.3, -0.25) is 4.79 Å². The average molecular weight is 257 g/mol. The van der Waals surface area contributed by atoms with E-state index < -0.39 is 0 Å². The highest BCUT2D eigenvalue weighted by Crippen LogP contribution is 2.31. The van der Waals surface area contributed by atoms with Crippen LogP contribution in [0, 0.1) is 11.8 Å².